The summed E-state index contributed by atoms with van der Waals surface area (Å²) in [6, 6.07) is 4.96. The third-order valence-corrected chi connectivity index (χ3v) is 5.80. The minimum absolute atomic E-state index is 0.0235. The molecule has 22 heavy (non-hydrogen) atoms. The topological polar surface area (TPSA) is 49.4 Å². The maximum Gasteiger partial charge on any atom is 0.211 e. The van der Waals surface area contributed by atoms with Gasteiger partial charge in [-0.05, 0) is 37.0 Å². The van der Waals surface area contributed by atoms with Gasteiger partial charge in [-0.25, -0.2) is 17.1 Å². The van der Waals surface area contributed by atoms with E-state index in [1.165, 1.54) is 16.6 Å². The van der Waals surface area contributed by atoms with E-state index in [1.807, 2.05) is 13.8 Å². The highest BCUT2D eigenvalue weighted by molar-refractivity contribution is 7.88. The predicted octanol–water partition coefficient (Wildman–Crippen LogP) is 2.80. The molecule has 0 aliphatic carbocycles. The Morgan fingerprint density at radius 1 is 1.45 bits per heavy atom. The number of halogens is 2. The van der Waals surface area contributed by atoms with Crippen LogP contribution in [0.15, 0.2) is 18.2 Å². The van der Waals surface area contributed by atoms with E-state index in [0.29, 0.717) is 13.1 Å². The van der Waals surface area contributed by atoms with Gasteiger partial charge in [0.25, 0.3) is 0 Å². The van der Waals surface area contributed by atoms with Crippen molar-refractivity contribution < 1.29 is 12.8 Å². The second-order valence-corrected chi connectivity index (χ2v) is 8.44. The maximum absolute atomic E-state index is 13.2. The van der Waals surface area contributed by atoms with Crippen molar-refractivity contribution >= 4 is 21.6 Å². The number of piperidine rings is 1. The van der Waals surface area contributed by atoms with Crippen LogP contribution in [0, 0.1) is 11.7 Å². The molecule has 3 atom stereocenters. The van der Waals surface area contributed by atoms with Crippen LogP contribution in [0.25, 0.3) is 0 Å². The molecule has 0 radical (unpaired) electrons. The molecule has 1 aromatic carbocycles. The standard InChI is InChI=1S/C15H22ClFN2O2S/c1-10-9-19(22(3,20)21)7-6-15(10)18-11(2)12-4-5-14(17)13(16)8-12/h4-5,8,10-11,15,18H,6-7,9H2,1-3H3/t10-,11-,15+/m0/s1. The Morgan fingerprint density at radius 2 is 2.14 bits per heavy atom. The number of nitrogens with one attached hydrogen (secondary N) is 1. The fourth-order valence-electron chi connectivity index (χ4n) is 2.86. The summed E-state index contributed by atoms with van der Waals surface area (Å²) >= 11 is 5.82. The minimum atomic E-state index is -3.13. The molecule has 2 rings (SSSR count). The van der Waals surface area contributed by atoms with Crippen molar-refractivity contribution in [1.82, 2.24) is 9.62 Å². The minimum Gasteiger partial charge on any atom is -0.307 e. The van der Waals surface area contributed by atoms with Crippen LogP contribution >= 0.6 is 11.6 Å². The van der Waals surface area contributed by atoms with Crippen LogP contribution in [0.3, 0.4) is 0 Å². The second-order valence-electron chi connectivity index (χ2n) is 6.06. The molecule has 1 saturated heterocycles. The fraction of sp³-hybridized carbons (Fsp3) is 0.600. The van der Waals surface area contributed by atoms with Gasteiger partial charge in [0, 0.05) is 25.2 Å². The lowest BCUT2D eigenvalue weighted by Gasteiger charge is -2.37. The van der Waals surface area contributed by atoms with E-state index >= 15 is 0 Å². The number of sulfonamides is 1. The van der Waals surface area contributed by atoms with Crippen molar-refractivity contribution in [3.05, 3.63) is 34.6 Å². The van der Waals surface area contributed by atoms with E-state index in [-0.39, 0.29) is 23.0 Å². The molecule has 0 aromatic heterocycles. The third-order valence-electron chi connectivity index (χ3n) is 4.24. The summed E-state index contributed by atoms with van der Waals surface area (Å²) in [4.78, 5) is 0. The van der Waals surface area contributed by atoms with E-state index in [0.717, 1.165) is 12.0 Å². The zero-order valence-electron chi connectivity index (χ0n) is 13.0. The van der Waals surface area contributed by atoms with Gasteiger partial charge in [-0.3, -0.25) is 0 Å². The molecular weight excluding hydrogens is 327 g/mol. The highest BCUT2D eigenvalue weighted by Crippen LogP contribution is 2.24. The largest absolute Gasteiger partial charge is 0.307 e. The molecule has 124 valence electrons. The molecule has 0 saturated carbocycles. The van der Waals surface area contributed by atoms with Crippen LogP contribution in [-0.2, 0) is 10.0 Å². The van der Waals surface area contributed by atoms with E-state index in [1.54, 1.807) is 12.1 Å². The number of benzene rings is 1. The summed E-state index contributed by atoms with van der Waals surface area (Å²) in [5, 5.41) is 3.62. The molecule has 0 unspecified atom stereocenters. The van der Waals surface area contributed by atoms with Gasteiger partial charge in [0.15, 0.2) is 0 Å². The Kier molecular flexibility index (Phi) is 5.48. The van der Waals surface area contributed by atoms with Gasteiger partial charge in [-0.2, -0.15) is 0 Å². The Balaban J connectivity index is 2.00. The van der Waals surface area contributed by atoms with Crippen molar-refractivity contribution in [2.45, 2.75) is 32.4 Å². The average Bonchev–Trinajstić information content (AvgIpc) is 2.42. The van der Waals surface area contributed by atoms with Crippen molar-refractivity contribution in [2.75, 3.05) is 19.3 Å². The van der Waals surface area contributed by atoms with Gasteiger partial charge in [0.05, 0.1) is 11.3 Å². The van der Waals surface area contributed by atoms with Gasteiger partial charge in [0.1, 0.15) is 5.82 Å². The molecule has 4 nitrogen and oxygen atoms in total. The molecule has 0 amide bonds. The lowest BCUT2D eigenvalue weighted by Crippen LogP contribution is -2.50. The number of hydrogen-bond donors (Lipinski definition) is 1. The summed E-state index contributed by atoms with van der Waals surface area (Å²) in [5.41, 5.74) is 0.921. The molecular formula is C15H22ClFN2O2S. The SMILES string of the molecule is C[C@H](N[C@@H]1CCN(S(C)(=O)=O)C[C@@H]1C)c1ccc(F)c(Cl)c1. The Hall–Kier alpha value is -0.690. The Morgan fingerprint density at radius 3 is 2.68 bits per heavy atom. The molecule has 1 aliphatic heterocycles. The normalized spacial score (nSPS) is 25.1. The molecule has 1 aromatic rings. The zero-order valence-corrected chi connectivity index (χ0v) is 14.6. The monoisotopic (exact) mass is 348 g/mol. The van der Waals surface area contributed by atoms with E-state index in [4.69, 9.17) is 11.6 Å². The fourth-order valence-corrected chi connectivity index (χ4v) is 3.99. The second kappa shape index (κ2) is 6.83. The molecule has 1 aliphatic rings. The molecule has 7 heteroatoms. The lowest BCUT2D eigenvalue weighted by atomic mass is 9.93. The van der Waals surface area contributed by atoms with Crippen molar-refractivity contribution in [2.24, 2.45) is 5.92 Å². The van der Waals surface area contributed by atoms with Crippen molar-refractivity contribution in [3.63, 3.8) is 0 Å². The molecule has 1 heterocycles. The van der Waals surface area contributed by atoms with Crippen LogP contribution < -0.4 is 5.32 Å². The highest BCUT2D eigenvalue weighted by atomic mass is 35.5. The van der Waals surface area contributed by atoms with E-state index in [9.17, 15) is 12.8 Å². The van der Waals surface area contributed by atoms with Crippen LogP contribution in [0.4, 0.5) is 4.39 Å². The first-order valence-corrected chi connectivity index (χ1v) is 9.57. The third kappa shape index (κ3) is 4.19. The quantitative estimate of drug-likeness (QED) is 0.910. The summed E-state index contributed by atoms with van der Waals surface area (Å²) in [7, 11) is -3.13. The van der Waals surface area contributed by atoms with Crippen LogP contribution in [0.1, 0.15) is 31.9 Å². The lowest BCUT2D eigenvalue weighted by molar-refractivity contribution is 0.210. The molecule has 0 spiro atoms. The van der Waals surface area contributed by atoms with Gasteiger partial charge in [0.2, 0.25) is 10.0 Å². The molecule has 1 fully saturated rings. The van der Waals surface area contributed by atoms with Gasteiger partial charge >= 0.3 is 0 Å². The highest BCUT2D eigenvalue weighted by Gasteiger charge is 2.31. The smallest absolute Gasteiger partial charge is 0.211 e. The maximum atomic E-state index is 13.2. The van der Waals surface area contributed by atoms with E-state index in [2.05, 4.69) is 5.32 Å². The molecule has 1 N–H and O–H groups in total. The first kappa shape index (κ1) is 17.7. The summed E-state index contributed by atoms with van der Waals surface area (Å²) < 4.78 is 38.0. The summed E-state index contributed by atoms with van der Waals surface area (Å²) in [5.74, 6) is -0.214. The van der Waals surface area contributed by atoms with Crippen LogP contribution in [0.2, 0.25) is 5.02 Å². The van der Waals surface area contributed by atoms with Crippen LogP contribution in [0.5, 0.6) is 0 Å². The van der Waals surface area contributed by atoms with Crippen molar-refractivity contribution in [1.29, 1.82) is 0 Å². The number of rotatable bonds is 4. The average molecular weight is 349 g/mol. The van der Waals surface area contributed by atoms with Gasteiger partial charge in [-0.15, -0.1) is 0 Å². The summed E-state index contributed by atoms with van der Waals surface area (Å²) in [6.45, 7) is 5.09. The van der Waals surface area contributed by atoms with Crippen LogP contribution in [-0.4, -0.2) is 38.1 Å². The first-order valence-electron chi connectivity index (χ1n) is 7.34. The molecule has 0 bridgehead atoms. The van der Waals surface area contributed by atoms with Gasteiger partial charge < -0.3 is 5.32 Å². The Labute approximate surface area is 136 Å². The Bertz CT molecular complexity index is 638. The first-order chi connectivity index (χ1) is 10.2. The number of nitrogens with zero attached hydrogens (tertiary/aromatic N) is 1. The van der Waals surface area contributed by atoms with Gasteiger partial charge in [-0.1, -0.05) is 24.6 Å². The van der Waals surface area contributed by atoms with Crippen molar-refractivity contribution in [3.8, 4) is 0 Å². The summed E-state index contributed by atoms with van der Waals surface area (Å²) in [6.07, 6.45) is 2.00. The predicted molar refractivity (Wildman–Crippen MR) is 86.9 cm³/mol. The zero-order chi connectivity index (χ0) is 16.5. The van der Waals surface area contributed by atoms with E-state index < -0.39 is 15.8 Å². The number of hydrogen-bond acceptors (Lipinski definition) is 3.